The molecule has 19 heavy (non-hydrogen) atoms. The smallest absolute Gasteiger partial charge is 0.254 e. The Labute approximate surface area is 129 Å². The normalized spacial score (nSPS) is 10.1. The highest BCUT2D eigenvalue weighted by atomic mass is 79.9. The number of likely N-dealkylation sites (N-methyl/N-ethyl adjacent to an activating group) is 2. The van der Waals surface area contributed by atoms with E-state index in [1.807, 2.05) is 19.9 Å². The van der Waals surface area contributed by atoms with Gasteiger partial charge in [-0.25, -0.2) is 0 Å². The minimum Gasteiger partial charge on any atom is -0.355 e. The molecule has 0 fully saturated rings. The largest absolute Gasteiger partial charge is 0.355 e. The average molecular weight is 392 g/mol. The van der Waals surface area contributed by atoms with Crippen LogP contribution in [0, 0.1) is 0 Å². The third-order valence-corrected chi connectivity index (χ3v) is 3.40. The lowest BCUT2D eigenvalue weighted by molar-refractivity contribution is -0.121. The lowest BCUT2D eigenvalue weighted by atomic mass is 10.2. The molecule has 0 aromatic heterocycles. The number of amides is 2. The number of nitrogens with zero attached hydrogens (tertiary/aromatic N) is 1. The first kappa shape index (κ1) is 16.2. The molecule has 1 aromatic rings. The number of rotatable bonds is 5. The minimum atomic E-state index is -0.157. The standard InChI is InChI=1S/C13H16Br2N2O2/c1-3-16-12(18)8-17(4-2)13(19)9-5-10(14)7-11(15)6-9/h5-7H,3-4,8H2,1-2H3,(H,16,18). The number of hydrogen-bond acceptors (Lipinski definition) is 2. The van der Waals surface area contributed by atoms with E-state index < -0.39 is 0 Å². The molecule has 0 bridgehead atoms. The van der Waals surface area contributed by atoms with Gasteiger partial charge < -0.3 is 10.2 Å². The summed E-state index contributed by atoms with van der Waals surface area (Å²) in [6, 6.07) is 5.35. The number of nitrogens with one attached hydrogen (secondary N) is 1. The van der Waals surface area contributed by atoms with Crippen LogP contribution >= 0.6 is 31.9 Å². The van der Waals surface area contributed by atoms with Gasteiger partial charge in [-0.05, 0) is 32.0 Å². The molecule has 0 aliphatic heterocycles. The van der Waals surface area contributed by atoms with E-state index >= 15 is 0 Å². The summed E-state index contributed by atoms with van der Waals surface area (Å²) in [5, 5.41) is 2.69. The molecule has 0 aliphatic rings. The van der Waals surface area contributed by atoms with E-state index in [4.69, 9.17) is 0 Å². The van der Waals surface area contributed by atoms with Gasteiger partial charge in [0.15, 0.2) is 0 Å². The molecular formula is C13H16Br2N2O2. The Bertz CT molecular complexity index is 457. The zero-order valence-corrected chi connectivity index (χ0v) is 14.0. The summed E-state index contributed by atoms with van der Waals surface area (Å²) in [5.41, 5.74) is 0.549. The second-order valence-corrected chi connectivity index (χ2v) is 5.76. The van der Waals surface area contributed by atoms with Crippen molar-refractivity contribution in [3.8, 4) is 0 Å². The molecule has 0 atom stereocenters. The molecule has 0 spiro atoms. The SMILES string of the molecule is CCNC(=O)CN(CC)C(=O)c1cc(Br)cc(Br)c1. The third kappa shape index (κ3) is 4.95. The van der Waals surface area contributed by atoms with Crippen molar-refractivity contribution in [2.75, 3.05) is 19.6 Å². The Morgan fingerprint density at radius 2 is 1.74 bits per heavy atom. The van der Waals surface area contributed by atoms with Gasteiger partial charge in [0.1, 0.15) is 0 Å². The van der Waals surface area contributed by atoms with E-state index in [0.29, 0.717) is 18.7 Å². The van der Waals surface area contributed by atoms with Gasteiger partial charge in [0.25, 0.3) is 5.91 Å². The molecule has 1 N–H and O–H groups in total. The Morgan fingerprint density at radius 3 is 2.21 bits per heavy atom. The van der Waals surface area contributed by atoms with Crippen LogP contribution in [0.4, 0.5) is 0 Å². The van der Waals surface area contributed by atoms with Gasteiger partial charge in [-0.3, -0.25) is 9.59 Å². The van der Waals surface area contributed by atoms with Crippen molar-refractivity contribution in [2.45, 2.75) is 13.8 Å². The topological polar surface area (TPSA) is 49.4 Å². The molecule has 0 unspecified atom stereocenters. The van der Waals surface area contributed by atoms with Crippen LogP contribution < -0.4 is 5.32 Å². The maximum atomic E-state index is 12.3. The Kier molecular flexibility index (Phi) is 6.51. The number of halogens is 2. The summed E-state index contributed by atoms with van der Waals surface area (Å²) in [7, 11) is 0. The second kappa shape index (κ2) is 7.65. The quantitative estimate of drug-likeness (QED) is 0.838. The minimum absolute atomic E-state index is 0.0767. The van der Waals surface area contributed by atoms with Gasteiger partial charge >= 0.3 is 0 Å². The van der Waals surface area contributed by atoms with Crippen molar-refractivity contribution >= 4 is 43.7 Å². The molecular weight excluding hydrogens is 376 g/mol. The summed E-state index contributed by atoms with van der Waals surface area (Å²) in [4.78, 5) is 25.4. The highest BCUT2D eigenvalue weighted by molar-refractivity contribution is 9.11. The first-order chi connectivity index (χ1) is 8.97. The predicted molar refractivity (Wildman–Crippen MR) is 82.1 cm³/mol. The lowest BCUT2D eigenvalue weighted by Crippen LogP contribution is -2.40. The van der Waals surface area contributed by atoms with E-state index in [-0.39, 0.29) is 18.4 Å². The van der Waals surface area contributed by atoms with Gasteiger partial charge in [0, 0.05) is 27.6 Å². The van der Waals surface area contributed by atoms with Crippen LogP contribution in [0.2, 0.25) is 0 Å². The van der Waals surface area contributed by atoms with Gasteiger partial charge in [-0.2, -0.15) is 0 Å². The monoisotopic (exact) mass is 390 g/mol. The molecule has 104 valence electrons. The van der Waals surface area contributed by atoms with Crippen molar-refractivity contribution in [3.05, 3.63) is 32.7 Å². The highest BCUT2D eigenvalue weighted by Crippen LogP contribution is 2.21. The second-order valence-electron chi connectivity index (χ2n) is 3.93. The summed E-state index contributed by atoms with van der Waals surface area (Å²) >= 11 is 6.70. The molecule has 0 saturated heterocycles. The van der Waals surface area contributed by atoms with Gasteiger partial charge in [0.05, 0.1) is 6.54 Å². The molecule has 2 amide bonds. The first-order valence-corrected chi connectivity index (χ1v) is 7.58. The Morgan fingerprint density at radius 1 is 1.16 bits per heavy atom. The van der Waals surface area contributed by atoms with E-state index in [1.165, 1.54) is 4.90 Å². The van der Waals surface area contributed by atoms with Crippen LogP contribution in [0.1, 0.15) is 24.2 Å². The fourth-order valence-electron chi connectivity index (χ4n) is 1.61. The van der Waals surface area contributed by atoms with Crippen LogP contribution in [0.15, 0.2) is 27.1 Å². The first-order valence-electron chi connectivity index (χ1n) is 6.00. The average Bonchev–Trinajstić information content (AvgIpc) is 2.34. The van der Waals surface area contributed by atoms with Gasteiger partial charge in [-0.1, -0.05) is 31.9 Å². The van der Waals surface area contributed by atoms with Crippen LogP contribution in [0.3, 0.4) is 0 Å². The molecule has 1 rings (SSSR count). The third-order valence-electron chi connectivity index (χ3n) is 2.49. The maximum absolute atomic E-state index is 12.3. The van der Waals surface area contributed by atoms with E-state index in [9.17, 15) is 9.59 Å². The number of benzene rings is 1. The van der Waals surface area contributed by atoms with Crippen molar-refractivity contribution < 1.29 is 9.59 Å². The van der Waals surface area contributed by atoms with Crippen molar-refractivity contribution in [1.82, 2.24) is 10.2 Å². The fraction of sp³-hybridized carbons (Fsp3) is 0.385. The summed E-state index contributed by atoms with van der Waals surface area (Å²) in [6.45, 7) is 4.83. The van der Waals surface area contributed by atoms with Gasteiger partial charge in [-0.15, -0.1) is 0 Å². The lowest BCUT2D eigenvalue weighted by Gasteiger charge is -2.20. The number of hydrogen-bond donors (Lipinski definition) is 1. The van der Waals surface area contributed by atoms with Crippen molar-refractivity contribution in [2.24, 2.45) is 0 Å². The zero-order valence-electron chi connectivity index (χ0n) is 10.9. The molecule has 0 aliphatic carbocycles. The summed E-state index contributed by atoms with van der Waals surface area (Å²) < 4.78 is 1.64. The molecule has 0 saturated carbocycles. The predicted octanol–water partition coefficient (Wildman–Crippen LogP) is 2.81. The molecule has 6 heteroatoms. The molecule has 4 nitrogen and oxygen atoms in total. The molecule has 0 heterocycles. The maximum Gasteiger partial charge on any atom is 0.254 e. The van der Waals surface area contributed by atoms with E-state index in [1.54, 1.807) is 12.1 Å². The number of carbonyl (C=O) groups excluding carboxylic acids is 2. The number of carbonyl (C=O) groups is 2. The summed E-state index contributed by atoms with van der Waals surface area (Å²) in [5.74, 6) is -0.303. The van der Waals surface area contributed by atoms with Crippen LogP contribution in [0.5, 0.6) is 0 Å². The highest BCUT2D eigenvalue weighted by Gasteiger charge is 2.17. The Hall–Kier alpha value is -0.880. The van der Waals surface area contributed by atoms with Crippen LogP contribution in [-0.2, 0) is 4.79 Å². The van der Waals surface area contributed by atoms with Crippen LogP contribution in [0.25, 0.3) is 0 Å². The Balaban J connectivity index is 2.86. The van der Waals surface area contributed by atoms with Gasteiger partial charge in [0.2, 0.25) is 5.91 Å². The zero-order chi connectivity index (χ0) is 14.4. The van der Waals surface area contributed by atoms with Crippen molar-refractivity contribution in [1.29, 1.82) is 0 Å². The molecule has 1 aromatic carbocycles. The van der Waals surface area contributed by atoms with E-state index in [0.717, 1.165) is 8.95 Å². The molecule has 0 radical (unpaired) electrons. The van der Waals surface area contributed by atoms with Crippen LogP contribution in [-0.4, -0.2) is 36.3 Å². The van der Waals surface area contributed by atoms with Crippen molar-refractivity contribution in [3.63, 3.8) is 0 Å². The van der Waals surface area contributed by atoms with E-state index in [2.05, 4.69) is 37.2 Å². The fourth-order valence-corrected chi connectivity index (χ4v) is 2.91. The summed E-state index contributed by atoms with van der Waals surface area (Å²) in [6.07, 6.45) is 0.